The maximum absolute atomic E-state index is 12.2. The lowest BCUT2D eigenvalue weighted by molar-refractivity contribution is -0.161. The molecule has 0 aliphatic carbocycles. The van der Waals surface area contributed by atoms with E-state index in [1.807, 2.05) is 41.5 Å². The van der Waals surface area contributed by atoms with Gasteiger partial charge in [0.15, 0.2) is 19.8 Å². The summed E-state index contributed by atoms with van der Waals surface area (Å²) in [4.78, 5) is 11.6. The van der Waals surface area contributed by atoms with E-state index < -0.39 is 61.4 Å². The van der Waals surface area contributed by atoms with Gasteiger partial charge >= 0.3 is 24.5 Å². The molecule has 190 valence electrons. The van der Waals surface area contributed by atoms with Crippen molar-refractivity contribution in [2.45, 2.75) is 60.1 Å². The highest BCUT2D eigenvalue weighted by Crippen LogP contribution is 2.29. The molecule has 4 nitrogen and oxygen atoms in total. The van der Waals surface area contributed by atoms with Gasteiger partial charge in [0, 0.05) is 0 Å². The molecule has 0 saturated heterocycles. The monoisotopic (exact) mass is 490 g/mol. The fourth-order valence-corrected chi connectivity index (χ4v) is 1.43. The molecule has 1 aromatic rings. The number of carbonyl (C=O) groups excluding carboxylic acids is 1. The Labute approximate surface area is 180 Å². The number of alkyl halides is 9. The number of hydrogen-bond donors (Lipinski definition) is 0. The maximum atomic E-state index is 12.2. The lowest BCUT2D eigenvalue weighted by atomic mass is 10.2. The molecular weight excluding hydrogens is 463 g/mol. The molecule has 0 saturated carbocycles. The first-order chi connectivity index (χ1) is 14.7. The van der Waals surface area contributed by atoms with Gasteiger partial charge in [-0.3, -0.25) is 0 Å². The Hall–Kier alpha value is -2.34. The van der Waals surface area contributed by atoms with Gasteiger partial charge in [-0.15, -0.1) is 0 Å². The molecule has 0 spiro atoms. The second-order valence-corrected chi connectivity index (χ2v) is 4.66. The van der Waals surface area contributed by atoms with Gasteiger partial charge in [-0.05, 0) is 18.2 Å². The highest BCUT2D eigenvalue weighted by molar-refractivity contribution is 5.93. The SMILES string of the molecule is CC.CC.CC.O=C(OCC(F)(F)F)c1cc(OCC(F)(F)F)ccc1OCC(F)(F)F. The van der Waals surface area contributed by atoms with Crippen molar-refractivity contribution in [2.75, 3.05) is 19.8 Å². The van der Waals surface area contributed by atoms with Crippen LogP contribution in [0.3, 0.4) is 0 Å². The van der Waals surface area contributed by atoms with Gasteiger partial charge in [0.25, 0.3) is 0 Å². The van der Waals surface area contributed by atoms with Crippen LogP contribution in [0.5, 0.6) is 11.5 Å². The van der Waals surface area contributed by atoms with Gasteiger partial charge in [-0.2, -0.15) is 39.5 Å². The molecule has 0 aliphatic heterocycles. The van der Waals surface area contributed by atoms with E-state index >= 15 is 0 Å². The van der Waals surface area contributed by atoms with E-state index in [0.29, 0.717) is 12.1 Å². The van der Waals surface area contributed by atoms with E-state index in [4.69, 9.17) is 0 Å². The van der Waals surface area contributed by atoms with Gasteiger partial charge in [0.05, 0.1) is 0 Å². The standard InChI is InChI=1S/C13H9F9O4.3C2H6/c14-11(15,16)4-24-7-1-2-9(25-5-12(17,18)19)8(3-7)10(23)26-6-13(20,21)22;3*1-2/h1-3H,4-6H2;3*1-2H3. The number of benzene rings is 1. The van der Waals surface area contributed by atoms with Gasteiger partial charge < -0.3 is 14.2 Å². The highest BCUT2D eigenvalue weighted by Gasteiger charge is 2.33. The zero-order valence-corrected chi connectivity index (χ0v) is 18.4. The Morgan fingerprint density at radius 1 is 0.688 bits per heavy atom. The van der Waals surface area contributed by atoms with Crippen LogP contribution < -0.4 is 9.47 Å². The van der Waals surface area contributed by atoms with Crippen LogP contribution in [0.4, 0.5) is 39.5 Å². The molecule has 0 unspecified atom stereocenters. The van der Waals surface area contributed by atoms with Crippen molar-refractivity contribution in [3.05, 3.63) is 23.8 Å². The van der Waals surface area contributed by atoms with E-state index in [1.165, 1.54) is 0 Å². The molecule has 0 atom stereocenters. The second-order valence-electron chi connectivity index (χ2n) is 4.66. The molecule has 13 heteroatoms. The van der Waals surface area contributed by atoms with Crippen LogP contribution in [0.15, 0.2) is 18.2 Å². The maximum Gasteiger partial charge on any atom is 0.422 e. The van der Waals surface area contributed by atoms with Gasteiger partial charge in [0.1, 0.15) is 17.1 Å². The van der Waals surface area contributed by atoms with E-state index in [2.05, 4.69) is 14.2 Å². The lowest BCUT2D eigenvalue weighted by Crippen LogP contribution is -2.23. The fourth-order valence-electron chi connectivity index (χ4n) is 1.43. The Bertz CT molecular complexity index is 625. The number of halogens is 9. The summed E-state index contributed by atoms with van der Waals surface area (Å²) >= 11 is 0. The third-order valence-electron chi connectivity index (χ3n) is 2.33. The molecule has 32 heavy (non-hydrogen) atoms. The van der Waals surface area contributed by atoms with E-state index in [1.54, 1.807) is 0 Å². The van der Waals surface area contributed by atoms with Crippen molar-refractivity contribution in [1.82, 2.24) is 0 Å². The van der Waals surface area contributed by atoms with Crippen LogP contribution in [0.25, 0.3) is 0 Å². The van der Waals surface area contributed by atoms with E-state index in [9.17, 15) is 44.3 Å². The summed E-state index contributed by atoms with van der Waals surface area (Å²) in [5.41, 5.74) is -0.960. The van der Waals surface area contributed by atoms with Crippen LogP contribution in [-0.4, -0.2) is 44.3 Å². The third kappa shape index (κ3) is 18.4. The van der Waals surface area contributed by atoms with Gasteiger partial charge in [-0.25, -0.2) is 4.79 Å². The minimum Gasteiger partial charge on any atom is -0.484 e. The Morgan fingerprint density at radius 2 is 1.09 bits per heavy atom. The predicted octanol–water partition coefficient (Wildman–Crippen LogP) is 7.37. The zero-order chi connectivity index (χ0) is 26.2. The number of ether oxygens (including phenoxy) is 3. The largest absolute Gasteiger partial charge is 0.484 e. The predicted molar refractivity (Wildman–Crippen MR) is 99.9 cm³/mol. The molecule has 0 fully saturated rings. The fraction of sp³-hybridized carbons (Fsp3) is 0.632. The smallest absolute Gasteiger partial charge is 0.422 e. The molecule has 0 amide bonds. The van der Waals surface area contributed by atoms with Gasteiger partial charge in [0.2, 0.25) is 0 Å². The average Bonchev–Trinajstić information content (AvgIpc) is 2.72. The molecule has 0 bridgehead atoms. The van der Waals surface area contributed by atoms with Crippen LogP contribution >= 0.6 is 0 Å². The topological polar surface area (TPSA) is 44.8 Å². The summed E-state index contributed by atoms with van der Waals surface area (Å²) in [7, 11) is 0. The van der Waals surface area contributed by atoms with Crippen molar-refractivity contribution in [1.29, 1.82) is 0 Å². The summed E-state index contributed by atoms with van der Waals surface area (Å²) in [6.45, 7) is 6.25. The molecule has 1 rings (SSSR count). The minimum atomic E-state index is -4.92. The Kier molecular flexibility index (Phi) is 17.5. The molecule has 1 aromatic carbocycles. The number of hydrogen-bond acceptors (Lipinski definition) is 4. The third-order valence-corrected chi connectivity index (χ3v) is 2.33. The summed E-state index contributed by atoms with van der Waals surface area (Å²) in [5.74, 6) is -3.23. The van der Waals surface area contributed by atoms with Crippen LogP contribution in [0.1, 0.15) is 51.9 Å². The second kappa shape index (κ2) is 16.3. The van der Waals surface area contributed by atoms with Crippen molar-refractivity contribution in [2.24, 2.45) is 0 Å². The quantitative estimate of drug-likeness (QED) is 0.309. The average molecular weight is 490 g/mol. The summed E-state index contributed by atoms with van der Waals surface area (Å²) in [6.07, 6.45) is -14.5. The first-order valence-corrected chi connectivity index (χ1v) is 9.43. The van der Waals surface area contributed by atoms with E-state index in [-0.39, 0.29) is 0 Å². The Morgan fingerprint density at radius 3 is 1.50 bits per heavy atom. The minimum absolute atomic E-state index is 0.482. The van der Waals surface area contributed by atoms with Crippen LogP contribution in [0.2, 0.25) is 0 Å². The Balaban J connectivity index is -0.00000129. The number of rotatable bonds is 6. The lowest BCUT2D eigenvalue weighted by Gasteiger charge is -2.15. The van der Waals surface area contributed by atoms with Crippen molar-refractivity contribution in [3.8, 4) is 11.5 Å². The number of esters is 1. The highest BCUT2D eigenvalue weighted by atomic mass is 19.4. The van der Waals surface area contributed by atoms with Crippen LogP contribution in [-0.2, 0) is 4.74 Å². The molecule has 0 aliphatic rings. The molecule has 0 heterocycles. The molecule has 0 N–H and O–H groups in total. The zero-order valence-electron chi connectivity index (χ0n) is 18.4. The molecule has 0 aromatic heterocycles. The van der Waals surface area contributed by atoms with Crippen LogP contribution in [0, 0.1) is 0 Å². The van der Waals surface area contributed by atoms with E-state index in [0.717, 1.165) is 6.07 Å². The summed E-state index contributed by atoms with van der Waals surface area (Å²) < 4.78 is 121. The van der Waals surface area contributed by atoms with Crippen molar-refractivity contribution < 1.29 is 58.5 Å². The first kappa shape index (κ1) is 34.3. The van der Waals surface area contributed by atoms with Gasteiger partial charge in [-0.1, -0.05) is 41.5 Å². The van der Waals surface area contributed by atoms with Crippen molar-refractivity contribution >= 4 is 5.97 Å². The van der Waals surface area contributed by atoms with Crippen molar-refractivity contribution in [3.63, 3.8) is 0 Å². The molecule has 0 radical (unpaired) electrons. The first-order valence-electron chi connectivity index (χ1n) is 9.43. The normalized spacial score (nSPS) is 10.8. The summed E-state index contributed by atoms with van der Waals surface area (Å²) in [5, 5.41) is 0. The summed E-state index contributed by atoms with van der Waals surface area (Å²) in [6, 6.07) is 1.87. The molecular formula is C19H27F9O4. The number of carbonyl (C=O) groups is 1.